The van der Waals surface area contributed by atoms with Gasteiger partial charge in [-0.1, -0.05) is 0 Å². The second-order valence-corrected chi connectivity index (χ2v) is 21.1. The van der Waals surface area contributed by atoms with Crippen molar-refractivity contribution in [2.45, 2.75) is 85.4 Å². The summed E-state index contributed by atoms with van der Waals surface area (Å²) in [5.74, 6) is -0.888. The first kappa shape index (κ1) is 20.0. The SMILES string of the molecule is CCC[CH2][Sn]([CH2]CCC)([CH2]CCC)[C]1=CCC2C(=O)OC(=O)C2C1. The Kier molecular flexibility index (Phi) is 7.83. The van der Waals surface area contributed by atoms with Crippen LogP contribution < -0.4 is 0 Å². The number of rotatable bonds is 10. The van der Waals surface area contributed by atoms with Crippen molar-refractivity contribution in [3.63, 3.8) is 0 Å². The third-order valence-corrected chi connectivity index (χ3v) is 22.3. The number of ether oxygens (including phenoxy) is 1. The molecule has 0 bridgehead atoms. The molecule has 2 rings (SSSR count). The monoisotopic (exact) mass is 442 g/mol. The quantitative estimate of drug-likeness (QED) is 0.259. The van der Waals surface area contributed by atoms with Gasteiger partial charge in [-0.2, -0.15) is 0 Å². The summed E-state index contributed by atoms with van der Waals surface area (Å²) < 4.78 is 10.9. The molecule has 1 fully saturated rings. The van der Waals surface area contributed by atoms with Crippen molar-refractivity contribution in [3.8, 4) is 0 Å². The van der Waals surface area contributed by atoms with Gasteiger partial charge < -0.3 is 0 Å². The third kappa shape index (κ3) is 4.44. The van der Waals surface area contributed by atoms with E-state index in [0.29, 0.717) is 0 Å². The number of allylic oxidation sites excluding steroid dienone is 2. The van der Waals surface area contributed by atoms with Crippen molar-refractivity contribution in [3.05, 3.63) is 9.67 Å². The van der Waals surface area contributed by atoms with Crippen LogP contribution in [0.25, 0.3) is 0 Å². The average Bonchev–Trinajstić information content (AvgIpc) is 2.88. The fourth-order valence-electron chi connectivity index (χ4n) is 4.49. The van der Waals surface area contributed by atoms with Crippen LogP contribution in [-0.4, -0.2) is 30.3 Å². The molecular formula is C20H34O3Sn. The Bertz CT molecular complexity index is 462. The van der Waals surface area contributed by atoms with Crippen molar-refractivity contribution in [1.29, 1.82) is 0 Å². The molecule has 1 heterocycles. The Hall–Kier alpha value is -0.321. The zero-order chi connectivity index (χ0) is 17.6. The van der Waals surface area contributed by atoms with Crippen LogP contribution in [0.1, 0.15) is 72.1 Å². The summed E-state index contributed by atoms with van der Waals surface area (Å²) in [4.78, 5) is 23.9. The number of carbonyl (C=O) groups excluding carboxylic acids is 2. The predicted octanol–water partition coefficient (Wildman–Crippen LogP) is 5.41. The maximum absolute atomic E-state index is 12.1. The maximum atomic E-state index is 12.1. The first-order chi connectivity index (χ1) is 11.6. The molecule has 1 aliphatic heterocycles. The van der Waals surface area contributed by atoms with Gasteiger partial charge in [0, 0.05) is 0 Å². The molecule has 2 aliphatic rings. The van der Waals surface area contributed by atoms with Crippen molar-refractivity contribution in [1.82, 2.24) is 0 Å². The van der Waals surface area contributed by atoms with Crippen LogP contribution in [0.15, 0.2) is 9.67 Å². The normalized spacial score (nSPS) is 23.9. The molecule has 0 spiro atoms. The number of unbranched alkanes of at least 4 members (excludes halogenated alkanes) is 3. The van der Waals surface area contributed by atoms with Crippen LogP contribution in [0.4, 0.5) is 0 Å². The molecule has 2 atom stereocenters. The summed E-state index contributed by atoms with van der Waals surface area (Å²) in [6.07, 6.45) is 11.7. The number of hydrogen-bond donors (Lipinski definition) is 0. The molecule has 0 aromatic rings. The van der Waals surface area contributed by atoms with Crippen LogP contribution in [0.3, 0.4) is 0 Å². The Morgan fingerprint density at radius 2 is 1.42 bits per heavy atom. The van der Waals surface area contributed by atoms with Crippen LogP contribution in [-0.2, 0) is 14.3 Å². The summed E-state index contributed by atoms with van der Waals surface area (Å²) in [7, 11) is 0. The van der Waals surface area contributed by atoms with Crippen LogP contribution in [0.2, 0.25) is 13.3 Å². The summed E-state index contributed by atoms with van der Waals surface area (Å²) in [6, 6.07) is 0. The zero-order valence-electron chi connectivity index (χ0n) is 15.7. The molecule has 0 aromatic heterocycles. The van der Waals surface area contributed by atoms with Gasteiger partial charge in [0.2, 0.25) is 0 Å². The van der Waals surface area contributed by atoms with E-state index in [1.807, 2.05) is 0 Å². The molecule has 0 saturated carbocycles. The minimum absolute atomic E-state index is 0.168. The van der Waals surface area contributed by atoms with E-state index in [-0.39, 0.29) is 23.8 Å². The van der Waals surface area contributed by atoms with Gasteiger partial charge in [-0.15, -0.1) is 0 Å². The Morgan fingerprint density at radius 3 is 1.92 bits per heavy atom. The molecule has 0 aromatic carbocycles. The molecular weight excluding hydrogens is 407 g/mol. The predicted molar refractivity (Wildman–Crippen MR) is 100 cm³/mol. The number of cyclic esters (lactones) is 2. The molecule has 4 heteroatoms. The fraction of sp³-hybridized carbons (Fsp3) is 0.800. The van der Waals surface area contributed by atoms with E-state index in [1.165, 1.54) is 51.8 Å². The van der Waals surface area contributed by atoms with Gasteiger partial charge in [0.25, 0.3) is 0 Å². The van der Waals surface area contributed by atoms with Crippen molar-refractivity contribution >= 4 is 30.3 Å². The molecule has 0 N–H and O–H groups in total. The molecule has 0 radical (unpaired) electrons. The standard InChI is InChI=1S/C8H7O3.3C4H9.Sn/c9-7-5-3-1-2-4-6(5)8(10)11-7;3*1-3-4-2;/h1,5-6H,3-4H2;3*1,3-4H2,2H3;. The van der Waals surface area contributed by atoms with Gasteiger partial charge in [0.05, 0.1) is 0 Å². The van der Waals surface area contributed by atoms with Crippen LogP contribution >= 0.6 is 0 Å². The summed E-state index contributed by atoms with van der Waals surface area (Å²) in [5.41, 5.74) is 0. The molecule has 1 saturated heterocycles. The van der Waals surface area contributed by atoms with Crippen LogP contribution in [0, 0.1) is 11.8 Å². The van der Waals surface area contributed by atoms with E-state index in [1.54, 1.807) is 3.59 Å². The number of esters is 2. The first-order valence-electron chi connectivity index (χ1n) is 10.0. The topological polar surface area (TPSA) is 43.4 Å². The van der Waals surface area contributed by atoms with E-state index in [4.69, 9.17) is 4.74 Å². The van der Waals surface area contributed by atoms with Crippen molar-refractivity contribution in [2.24, 2.45) is 11.8 Å². The van der Waals surface area contributed by atoms with Gasteiger partial charge in [-0.25, -0.2) is 0 Å². The van der Waals surface area contributed by atoms with Crippen molar-refractivity contribution in [2.75, 3.05) is 0 Å². The van der Waals surface area contributed by atoms with E-state index in [2.05, 4.69) is 26.8 Å². The minimum atomic E-state index is -2.43. The zero-order valence-corrected chi connectivity index (χ0v) is 18.6. The van der Waals surface area contributed by atoms with Gasteiger partial charge >= 0.3 is 152 Å². The van der Waals surface area contributed by atoms with E-state index < -0.39 is 18.4 Å². The number of carbonyl (C=O) groups is 2. The molecule has 3 nitrogen and oxygen atoms in total. The van der Waals surface area contributed by atoms with Gasteiger partial charge in [0.15, 0.2) is 0 Å². The molecule has 2 unspecified atom stereocenters. The van der Waals surface area contributed by atoms with Gasteiger partial charge in [-0.3, -0.25) is 0 Å². The number of fused-ring (bicyclic) bond motifs is 1. The number of hydrogen-bond acceptors (Lipinski definition) is 3. The third-order valence-electron chi connectivity index (χ3n) is 6.06. The summed E-state index contributed by atoms with van der Waals surface area (Å²) in [6.45, 7) is 6.86. The van der Waals surface area contributed by atoms with Crippen molar-refractivity contribution < 1.29 is 14.3 Å². The van der Waals surface area contributed by atoms with E-state index in [9.17, 15) is 9.59 Å². The Balaban J connectivity index is 2.25. The summed E-state index contributed by atoms with van der Waals surface area (Å²) >= 11 is -2.43. The molecule has 136 valence electrons. The molecule has 24 heavy (non-hydrogen) atoms. The van der Waals surface area contributed by atoms with Gasteiger partial charge in [0.1, 0.15) is 0 Å². The average molecular weight is 441 g/mol. The van der Waals surface area contributed by atoms with Gasteiger partial charge in [-0.05, 0) is 0 Å². The summed E-state index contributed by atoms with van der Waals surface area (Å²) in [5, 5.41) is 0. The molecule has 1 aliphatic carbocycles. The molecule has 0 amide bonds. The second kappa shape index (κ2) is 9.40. The fourth-order valence-corrected chi connectivity index (χ4v) is 21.6. The van der Waals surface area contributed by atoms with E-state index >= 15 is 0 Å². The van der Waals surface area contributed by atoms with E-state index in [0.717, 1.165) is 12.8 Å². The first-order valence-corrected chi connectivity index (χ1v) is 17.5. The second-order valence-electron chi connectivity index (χ2n) is 7.71. The van der Waals surface area contributed by atoms with Crippen LogP contribution in [0.5, 0.6) is 0 Å². The Morgan fingerprint density at radius 1 is 0.917 bits per heavy atom. The Labute approximate surface area is 151 Å².